The maximum Gasteiger partial charge on any atom is 0.306 e. The van der Waals surface area contributed by atoms with E-state index in [4.69, 9.17) is 14.2 Å². The summed E-state index contributed by atoms with van der Waals surface area (Å²) in [5.74, 6) is -0.882. The molecule has 0 aliphatic carbocycles. The van der Waals surface area contributed by atoms with Crippen LogP contribution in [0.25, 0.3) is 0 Å². The minimum Gasteiger partial charge on any atom is -0.462 e. The third kappa shape index (κ3) is 59.5. The molecule has 74 heavy (non-hydrogen) atoms. The molecule has 1 unspecified atom stereocenters. The van der Waals surface area contributed by atoms with Crippen molar-refractivity contribution in [1.29, 1.82) is 0 Å². The second kappa shape index (κ2) is 62.1. The minimum absolute atomic E-state index is 0.0784. The smallest absolute Gasteiger partial charge is 0.306 e. The fourth-order valence-electron chi connectivity index (χ4n) is 8.91. The van der Waals surface area contributed by atoms with Crippen LogP contribution in [0, 0.1) is 0 Å². The van der Waals surface area contributed by atoms with Gasteiger partial charge in [-0.05, 0) is 96.3 Å². The van der Waals surface area contributed by atoms with E-state index < -0.39 is 6.10 Å². The van der Waals surface area contributed by atoms with E-state index in [1.54, 1.807) is 0 Å². The fraction of sp³-hybridized carbons (Fsp3) is 0.750. The summed E-state index contributed by atoms with van der Waals surface area (Å²) in [5, 5.41) is 0. The Bertz CT molecular complexity index is 1420. The number of allylic oxidation sites excluding steroid dienone is 14. The lowest BCUT2D eigenvalue weighted by atomic mass is 10.0. The Morgan fingerprint density at radius 3 is 0.824 bits per heavy atom. The average molecular weight is 1030 g/mol. The van der Waals surface area contributed by atoms with E-state index in [2.05, 4.69) is 106 Å². The van der Waals surface area contributed by atoms with E-state index in [0.29, 0.717) is 19.3 Å². The van der Waals surface area contributed by atoms with Gasteiger partial charge in [0, 0.05) is 19.3 Å². The van der Waals surface area contributed by atoms with Crippen molar-refractivity contribution >= 4 is 17.9 Å². The van der Waals surface area contributed by atoms with Crippen molar-refractivity contribution in [3.8, 4) is 0 Å². The van der Waals surface area contributed by atoms with Crippen LogP contribution in [0.3, 0.4) is 0 Å². The quantitative estimate of drug-likeness (QED) is 0.0261. The van der Waals surface area contributed by atoms with Gasteiger partial charge in [0.2, 0.25) is 0 Å². The molecule has 0 aromatic carbocycles. The Labute approximate surface area is 458 Å². The van der Waals surface area contributed by atoms with Gasteiger partial charge in [0.1, 0.15) is 13.2 Å². The molecule has 0 spiro atoms. The molecule has 0 aromatic rings. The van der Waals surface area contributed by atoms with Crippen LogP contribution in [-0.2, 0) is 28.6 Å². The Morgan fingerprint density at radius 2 is 0.527 bits per heavy atom. The van der Waals surface area contributed by atoms with Crippen molar-refractivity contribution in [2.24, 2.45) is 0 Å². The minimum atomic E-state index is -0.781. The third-order valence-corrected chi connectivity index (χ3v) is 13.6. The van der Waals surface area contributed by atoms with Crippen molar-refractivity contribution in [3.63, 3.8) is 0 Å². The first kappa shape index (κ1) is 70.6. The Balaban J connectivity index is 4.28. The summed E-state index contributed by atoms with van der Waals surface area (Å²) >= 11 is 0. The van der Waals surface area contributed by atoms with E-state index in [1.165, 1.54) is 167 Å². The number of hydrogen-bond donors (Lipinski definition) is 0. The van der Waals surface area contributed by atoms with Gasteiger partial charge in [0.15, 0.2) is 6.10 Å². The normalized spacial score (nSPS) is 12.6. The van der Waals surface area contributed by atoms with Gasteiger partial charge in [-0.2, -0.15) is 0 Å². The van der Waals surface area contributed by atoms with Crippen LogP contribution < -0.4 is 0 Å². The molecular formula is C68H118O6. The lowest BCUT2D eigenvalue weighted by molar-refractivity contribution is -0.167. The molecule has 0 saturated heterocycles. The Hall–Kier alpha value is -3.41. The largest absolute Gasteiger partial charge is 0.462 e. The SMILES string of the molecule is CC/C=C\C/C=C\C/C=C\C/C=C\C/C=C\CCCCCCCCCC(=O)OCC(COC(=O)CCCCCCCCCCCC)OC(=O)CCCCCCCCCCCCC/C=C\C/C=C\CCCCCCC. The number of rotatable bonds is 57. The van der Waals surface area contributed by atoms with Gasteiger partial charge in [-0.15, -0.1) is 0 Å². The van der Waals surface area contributed by atoms with E-state index in [9.17, 15) is 14.4 Å². The molecule has 0 rings (SSSR count). The fourth-order valence-corrected chi connectivity index (χ4v) is 8.91. The summed E-state index contributed by atoms with van der Waals surface area (Å²) in [4.78, 5) is 38.2. The monoisotopic (exact) mass is 1030 g/mol. The molecule has 0 bridgehead atoms. The first-order valence-corrected chi connectivity index (χ1v) is 31.6. The molecule has 6 heteroatoms. The molecule has 0 heterocycles. The third-order valence-electron chi connectivity index (χ3n) is 13.6. The van der Waals surface area contributed by atoms with Gasteiger partial charge in [0.05, 0.1) is 0 Å². The summed E-state index contributed by atoms with van der Waals surface area (Å²) < 4.78 is 16.9. The van der Waals surface area contributed by atoms with E-state index in [1.807, 2.05) is 0 Å². The molecule has 0 fully saturated rings. The van der Waals surface area contributed by atoms with Crippen molar-refractivity contribution in [2.45, 2.75) is 316 Å². The van der Waals surface area contributed by atoms with Crippen LogP contribution >= 0.6 is 0 Å². The van der Waals surface area contributed by atoms with Crippen molar-refractivity contribution in [2.75, 3.05) is 13.2 Å². The van der Waals surface area contributed by atoms with Crippen LogP contribution in [0.4, 0.5) is 0 Å². The second-order valence-electron chi connectivity index (χ2n) is 20.9. The highest BCUT2D eigenvalue weighted by molar-refractivity contribution is 5.71. The highest BCUT2D eigenvalue weighted by atomic mass is 16.6. The molecule has 0 saturated carbocycles. The van der Waals surface area contributed by atoms with E-state index in [-0.39, 0.29) is 31.1 Å². The lowest BCUT2D eigenvalue weighted by Crippen LogP contribution is -2.30. The van der Waals surface area contributed by atoms with Gasteiger partial charge >= 0.3 is 17.9 Å². The summed E-state index contributed by atoms with van der Waals surface area (Å²) in [6.45, 7) is 6.52. The average Bonchev–Trinajstić information content (AvgIpc) is 3.40. The van der Waals surface area contributed by atoms with Crippen molar-refractivity contribution < 1.29 is 28.6 Å². The summed E-state index contributed by atoms with van der Waals surface area (Å²) in [5.41, 5.74) is 0. The van der Waals surface area contributed by atoms with Crippen LogP contribution in [0.2, 0.25) is 0 Å². The van der Waals surface area contributed by atoms with Crippen LogP contribution in [0.1, 0.15) is 310 Å². The van der Waals surface area contributed by atoms with Crippen LogP contribution in [0.15, 0.2) is 85.1 Å². The van der Waals surface area contributed by atoms with Crippen LogP contribution in [-0.4, -0.2) is 37.2 Å². The first-order valence-electron chi connectivity index (χ1n) is 31.6. The molecule has 0 aliphatic heterocycles. The first-order chi connectivity index (χ1) is 36.5. The van der Waals surface area contributed by atoms with Gasteiger partial charge < -0.3 is 14.2 Å². The molecule has 426 valence electrons. The zero-order chi connectivity index (χ0) is 53.6. The second-order valence-corrected chi connectivity index (χ2v) is 20.9. The molecular weight excluding hydrogens is 913 g/mol. The van der Waals surface area contributed by atoms with Gasteiger partial charge in [-0.3, -0.25) is 14.4 Å². The van der Waals surface area contributed by atoms with E-state index in [0.717, 1.165) is 103 Å². The summed E-state index contributed by atoms with van der Waals surface area (Å²) in [6, 6.07) is 0. The number of carbonyl (C=O) groups is 3. The molecule has 0 aromatic heterocycles. The molecule has 1 atom stereocenters. The lowest BCUT2D eigenvalue weighted by Gasteiger charge is -2.18. The molecule has 0 amide bonds. The molecule has 0 aliphatic rings. The maximum atomic E-state index is 12.9. The Kier molecular flexibility index (Phi) is 59.3. The summed E-state index contributed by atoms with van der Waals surface area (Å²) in [6.07, 6.45) is 81.6. The van der Waals surface area contributed by atoms with Crippen molar-refractivity contribution in [3.05, 3.63) is 85.1 Å². The predicted octanol–water partition coefficient (Wildman–Crippen LogP) is 21.5. The van der Waals surface area contributed by atoms with Gasteiger partial charge in [-0.1, -0.05) is 279 Å². The number of unbranched alkanes of at least 4 members (excludes halogenated alkanes) is 32. The highest BCUT2D eigenvalue weighted by Gasteiger charge is 2.19. The molecule has 6 nitrogen and oxygen atoms in total. The standard InChI is InChI=1S/C68H118O6/c1-4-7-10-13-16-19-22-24-26-28-30-32-34-36-38-40-42-44-46-49-52-55-58-61-67(70)73-64-65(63-72-66(69)60-57-54-51-48-21-18-15-12-9-6-3)74-68(71)62-59-56-53-50-47-45-43-41-39-37-35-33-31-29-27-25-23-20-17-14-11-8-5-2/h7,10,16,19,23-26,29-32,36,38,65H,4-6,8-9,11-15,17-18,20-22,27-28,33-35,37,39-64H2,1-3H3/b10-7-,19-16-,25-23-,26-24-,31-29-,32-30-,38-36-. The number of ether oxygens (including phenoxy) is 3. The zero-order valence-electron chi connectivity index (χ0n) is 48.8. The predicted molar refractivity (Wildman–Crippen MR) is 321 cm³/mol. The zero-order valence-corrected chi connectivity index (χ0v) is 48.8. The molecule has 0 radical (unpaired) electrons. The van der Waals surface area contributed by atoms with Crippen molar-refractivity contribution in [1.82, 2.24) is 0 Å². The van der Waals surface area contributed by atoms with Gasteiger partial charge in [0.25, 0.3) is 0 Å². The van der Waals surface area contributed by atoms with Crippen LogP contribution in [0.5, 0.6) is 0 Å². The number of esters is 3. The van der Waals surface area contributed by atoms with Gasteiger partial charge in [-0.25, -0.2) is 0 Å². The number of carbonyl (C=O) groups excluding carboxylic acids is 3. The maximum absolute atomic E-state index is 12.9. The highest BCUT2D eigenvalue weighted by Crippen LogP contribution is 2.16. The summed E-state index contributed by atoms with van der Waals surface area (Å²) in [7, 11) is 0. The van der Waals surface area contributed by atoms with E-state index >= 15 is 0 Å². The topological polar surface area (TPSA) is 78.9 Å². The number of hydrogen-bond acceptors (Lipinski definition) is 6. The molecule has 0 N–H and O–H groups in total. The Morgan fingerprint density at radius 1 is 0.284 bits per heavy atom.